The summed E-state index contributed by atoms with van der Waals surface area (Å²) in [4.78, 5) is 32.6. The topological polar surface area (TPSA) is 94.9 Å². The second-order valence-electron chi connectivity index (χ2n) is 12.6. The molecule has 0 radical (unpaired) electrons. The fourth-order valence-corrected chi connectivity index (χ4v) is 7.18. The van der Waals surface area contributed by atoms with Crippen LogP contribution in [0, 0.1) is 19.2 Å². The molecule has 1 saturated carbocycles. The number of carbonyl (C=O) groups excluding carboxylic acids is 1. The molecule has 5 heterocycles. The summed E-state index contributed by atoms with van der Waals surface area (Å²) in [6.45, 7) is 9.03. The summed E-state index contributed by atoms with van der Waals surface area (Å²) in [7, 11) is 1.91. The van der Waals surface area contributed by atoms with Gasteiger partial charge in [-0.2, -0.15) is 16.4 Å². The Morgan fingerprint density at radius 2 is 2.11 bits per heavy atom. The minimum Gasteiger partial charge on any atom is -0.508 e. The third kappa shape index (κ3) is 5.33. The smallest absolute Gasteiger partial charge is 0.319 e. The van der Waals surface area contributed by atoms with E-state index in [1.54, 1.807) is 17.2 Å². The number of phenols is 1. The Labute approximate surface area is 268 Å². The molecular weight excluding hydrogens is 603 g/mol. The van der Waals surface area contributed by atoms with E-state index in [2.05, 4.69) is 27.9 Å². The minimum absolute atomic E-state index is 0. The van der Waals surface area contributed by atoms with Crippen LogP contribution in [-0.4, -0.2) is 87.2 Å². The Balaban J connectivity index is 0.00000343. The van der Waals surface area contributed by atoms with Crippen LogP contribution in [0.3, 0.4) is 0 Å². The zero-order chi connectivity index (χ0) is 29.9. The van der Waals surface area contributed by atoms with Crippen LogP contribution in [0.2, 0.25) is 0 Å². The van der Waals surface area contributed by atoms with Crippen molar-refractivity contribution in [2.24, 2.45) is 0 Å². The number of aromatic nitrogens is 3. The number of carbonyl (C=O) groups is 1. The van der Waals surface area contributed by atoms with E-state index < -0.39 is 5.82 Å². The number of hydrogen-bond donors (Lipinski definition) is 1. The SMILES string of the molecule is C=CC(=O)N1CCC(N(C)c2nc(OCC34C[CH-]CN3CCC4)nc3c(F)c(-c4cc(O)c(C)cc4C4CC4)ncc23)C1.[Fe]. The summed E-state index contributed by atoms with van der Waals surface area (Å²) in [6.07, 6.45) is 11.2. The summed E-state index contributed by atoms with van der Waals surface area (Å²) >= 11 is 0. The minimum atomic E-state index is -0.561. The largest absolute Gasteiger partial charge is 0.508 e. The van der Waals surface area contributed by atoms with Gasteiger partial charge in [0.15, 0.2) is 5.82 Å². The number of fused-ring (bicyclic) bond motifs is 2. The van der Waals surface area contributed by atoms with Crippen molar-refractivity contribution < 1.29 is 36.1 Å². The average molecular weight is 642 g/mol. The Bertz CT molecular complexity index is 1600. The van der Waals surface area contributed by atoms with Crippen LogP contribution in [0.1, 0.15) is 55.6 Å². The number of amides is 1. The quantitative estimate of drug-likeness (QED) is 0.214. The summed E-state index contributed by atoms with van der Waals surface area (Å²) in [5, 5.41) is 11.0. The molecule has 0 bridgehead atoms. The number of hydrogen-bond acceptors (Lipinski definition) is 8. The van der Waals surface area contributed by atoms with Crippen molar-refractivity contribution in [2.45, 2.75) is 62.9 Å². The number of phenolic OH excluding ortho intramolecular Hbond substituents is 1. The van der Waals surface area contributed by atoms with Crippen LogP contribution in [0.5, 0.6) is 11.8 Å². The van der Waals surface area contributed by atoms with Gasteiger partial charge >= 0.3 is 6.01 Å². The Hall–Kier alpha value is -3.27. The van der Waals surface area contributed by atoms with Crippen LogP contribution in [-0.2, 0) is 21.9 Å². The van der Waals surface area contributed by atoms with Crippen molar-refractivity contribution >= 4 is 22.6 Å². The summed E-state index contributed by atoms with van der Waals surface area (Å²) < 4.78 is 23.0. The molecule has 9 nitrogen and oxygen atoms in total. The number of ether oxygens (including phenoxy) is 1. The Kier molecular flexibility index (Phi) is 8.32. The predicted octanol–water partition coefficient (Wildman–Crippen LogP) is 4.76. The van der Waals surface area contributed by atoms with Gasteiger partial charge in [-0.3, -0.25) is 9.78 Å². The van der Waals surface area contributed by atoms with Crippen molar-refractivity contribution in [3.63, 3.8) is 0 Å². The zero-order valence-corrected chi connectivity index (χ0v) is 26.3. The maximum Gasteiger partial charge on any atom is 0.319 e. The first-order valence-electron chi connectivity index (χ1n) is 15.3. The number of benzene rings is 1. The van der Waals surface area contributed by atoms with E-state index in [0.717, 1.165) is 62.7 Å². The number of likely N-dealkylation sites (N-methyl/N-ethyl adjacent to an activating group) is 1. The molecule has 1 amide bonds. The fourth-order valence-electron chi connectivity index (χ4n) is 7.18. The molecule has 1 aromatic carbocycles. The molecular formula is C33H38FFeN6O3-. The molecule has 4 aliphatic rings. The third-order valence-electron chi connectivity index (χ3n) is 9.90. The average Bonchev–Trinajstić information content (AvgIpc) is 3.39. The number of rotatable bonds is 8. The van der Waals surface area contributed by atoms with Crippen LogP contribution in [0.15, 0.2) is 31.0 Å². The van der Waals surface area contributed by atoms with Gasteiger partial charge in [0.1, 0.15) is 29.4 Å². The van der Waals surface area contributed by atoms with Gasteiger partial charge in [0, 0.05) is 60.5 Å². The molecule has 3 aliphatic heterocycles. The van der Waals surface area contributed by atoms with Crippen molar-refractivity contribution in [1.82, 2.24) is 24.8 Å². The van der Waals surface area contributed by atoms with Gasteiger partial charge in [0.05, 0.1) is 5.39 Å². The van der Waals surface area contributed by atoms with Gasteiger partial charge in [-0.25, -0.2) is 4.39 Å². The number of aromatic hydroxyl groups is 1. The monoisotopic (exact) mass is 641 g/mol. The molecule has 7 rings (SSSR count). The Morgan fingerprint density at radius 3 is 2.89 bits per heavy atom. The predicted molar refractivity (Wildman–Crippen MR) is 163 cm³/mol. The number of likely N-dealkylation sites (tertiary alicyclic amines) is 1. The van der Waals surface area contributed by atoms with Gasteiger partial charge in [-0.05, 0) is 74.8 Å². The van der Waals surface area contributed by atoms with Gasteiger partial charge in [0.25, 0.3) is 0 Å². The van der Waals surface area contributed by atoms with E-state index in [4.69, 9.17) is 9.72 Å². The van der Waals surface area contributed by atoms with Crippen molar-refractivity contribution in [3.05, 3.63) is 54.3 Å². The molecule has 2 aromatic heterocycles. The van der Waals surface area contributed by atoms with Crippen molar-refractivity contribution in [2.75, 3.05) is 44.7 Å². The molecule has 11 heteroatoms. The number of anilines is 1. The summed E-state index contributed by atoms with van der Waals surface area (Å²) in [5.74, 6) is 0.295. The molecule has 234 valence electrons. The van der Waals surface area contributed by atoms with E-state index in [0.29, 0.717) is 42.4 Å². The van der Waals surface area contributed by atoms with Crippen molar-refractivity contribution in [3.8, 4) is 23.0 Å². The van der Waals surface area contributed by atoms with Gasteiger partial charge in [-0.15, -0.1) is 6.54 Å². The standard InChI is InChI=1S/C33H38FN6O3.Fe/c1-4-27(42)39-14-9-22(18-39)38(3)31-25-17-35-29(24-16-26(41)20(2)15-23(24)21-7-8-21)28(34)30(25)36-32(37-31)43-19-33-10-5-12-40(33)13-6-11-33;/h4-5,15-17,21-22,41H,1,6-14,18-19H2,2-3H3;/q-1;. The number of pyridine rings is 1. The first kappa shape index (κ1) is 30.7. The van der Waals surface area contributed by atoms with Crippen LogP contribution < -0.4 is 9.64 Å². The van der Waals surface area contributed by atoms with Crippen LogP contribution in [0.4, 0.5) is 10.2 Å². The normalized spacial score (nSPS) is 23.1. The number of halogens is 1. The molecule has 1 aliphatic carbocycles. The second-order valence-corrected chi connectivity index (χ2v) is 12.6. The number of aryl methyl sites for hydroxylation is 1. The van der Waals surface area contributed by atoms with Gasteiger partial charge in [-0.1, -0.05) is 12.6 Å². The van der Waals surface area contributed by atoms with Crippen LogP contribution in [0.25, 0.3) is 22.2 Å². The molecule has 3 aromatic rings. The maximum absolute atomic E-state index is 16.6. The van der Waals surface area contributed by atoms with Crippen molar-refractivity contribution in [1.29, 1.82) is 0 Å². The number of nitrogens with zero attached hydrogens (tertiary/aromatic N) is 6. The first-order valence-corrected chi connectivity index (χ1v) is 15.3. The van der Waals surface area contributed by atoms with E-state index in [1.807, 2.05) is 24.9 Å². The Morgan fingerprint density at radius 1 is 1.30 bits per heavy atom. The molecule has 0 spiro atoms. The molecule has 4 fully saturated rings. The molecule has 1 N–H and O–H groups in total. The maximum atomic E-state index is 16.6. The van der Waals surface area contributed by atoms with E-state index in [9.17, 15) is 9.90 Å². The van der Waals surface area contributed by atoms with E-state index in [-0.39, 0.29) is 57.5 Å². The van der Waals surface area contributed by atoms with Gasteiger partial charge in [0.2, 0.25) is 5.91 Å². The zero-order valence-electron chi connectivity index (χ0n) is 25.2. The molecule has 44 heavy (non-hydrogen) atoms. The fraction of sp³-hybridized carbons (Fsp3) is 0.485. The van der Waals surface area contributed by atoms with E-state index in [1.165, 1.54) is 6.08 Å². The van der Waals surface area contributed by atoms with Crippen LogP contribution >= 0.6 is 0 Å². The van der Waals surface area contributed by atoms with E-state index >= 15 is 4.39 Å². The molecule has 3 saturated heterocycles. The summed E-state index contributed by atoms with van der Waals surface area (Å²) in [6, 6.07) is 3.68. The molecule has 2 atom stereocenters. The third-order valence-corrected chi connectivity index (χ3v) is 9.90. The first-order chi connectivity index (χ1) is 20.8. The van der Waals surface area contributed by atoms with Gasteiger partial charge < -0.3 is 31.0 Å². The molecule has 2 unspecified atom stereocenters. The second kappa shape index (κ2) is 11.9. The summed E-state index contributed by atoms with van der Waals surface area (Å²) in [5.41, 5.74) is 2.59.